The molecule has 114 valence electrons. The number of urea groups is 1. The molecule has 2 atom stereocenters. The Morgan fingerprint density at radius 2 is 2.14 bits per heavy atom. The van der Waals surface area contributed by atoms with Gasteiger partial charge in [0.2, 0.25) is 0 Å². The molecular formula is C16H22N2O3. The Hall–Kier alpha value is -2.04. The second-order valence-electron chi connectivity index (χ2n) is 5.68. The summed E-state index contributed by atoms with van der Waals surface area (Å²) in [7, 11) is 0. The van der Waals surface area contributed by atoms with Gasteiger partial charge in [0.05, 0.1) is 5.92 Å². The summed E-state index contributed by atoms with van der Waals surface area (Å²) in [5.41, 5.74) is 2.41. The topological polar surface area (TPSA) is 78.4 Å². The molecule has 1 aliphatic rings. The van der Waals surface area contributed by atoms with Crippen molar-refractivity contribution in [1.82, 2.24) is 10.6 Å². The van der Waals surface area contributed by atoms with E-state index in [4.69, 9.17) is 5.11 Å². The van der Waals surface area contributed by atoms with Gasteiger partial charge in [-0.15, -0.1) is 0 Å². The first-order valence-electron chi connectivity index (χ1n) is 7.37. The maximum atomic E-state index is 11.8. The first kappa shape index (κ1) is 15.4. The van der Waals surface area contributed by atoms with Crippen LogP contribution in [0.2, 0.25) is 0 Å². The summed E-state index contributed by atoms with van der Waals surface area (Å²) >= 11 is 0. The number of carbonyl (C=O) groups excluding carboxylic acids is 1. The fraction of sp³-hybridized carbons (Fsp3) is 0.500. The highest BCUT2D eigenvalue weighted by atomic mass is 16.4. The number of nitrogens with one attached hydrogen (secondary N) is 2. The van der Waals surface area contributed by atoms with Gasteiger partial charge in [-0.2, -0.15) is 0 Å². The molecule has 0 spiro atoms. The van der Waals surface area contributed by atoms with Crippen molar-refractivity contribution in [2.24, 2.45) is 5.92 Å². The lowest BCUT2D eigenvalue weighted by Crippen LogP contribution is -2.41. The molecule has 2 unspecified atom stereocenters. The van der Waals surface area contributed by atoms with Crippen molar-refractivity contribution in [3.8, 4) is 0 Å². The molecular weight excluding hydrogens is 268 g/mol. The van der Waals surface area contributed by atoms with Crippen LogP contribution in [0.1, 0.15) is 30.4 Å². The average Bonchev–Trinajstić information content (AvgIpc) is 2.87. The molecule has 1 aliphatic carbocycles. The van der Waals surface area contributed by atoms with Gasteiger partial charge in [-0.25, -0.2) is 4.79 Å². The molecule has 0 aliphatic heterocycles. The molecule has 1 aromatic rings. The molecule has 1 aromatic carbocycles. The summed E-state index contributed by atoms with van der Waals surface area (Å²) in [6.45, 7) is 2.62. The fourth-order valence-electron chi connectivity index (χ4n) is 2.76. The van der Waals surface area contributed by atoms with Crippen molar-refractivity contribution in [3.63, 3.8) is 0 Å². The molecule has 5 nitrogen and oxygen atoms in total. The molecule has 2 amide bonds. The number of hydrogen-bond acceptors (Lipinski definition) is 2. The molecule has 0 bridgehead atoms. The van der Waals surface area contributed by atoms with Crippen molar-refractivity contribution in [1.29, 1.82) is 0 Å². The molecule has 0 radical (unpaired) electrons. The number of rotatable bonds is 5. The smallest absolute Gasteiger partial charge is 0.315 e. The van der Waals surface area contributed by atoms with E-state index in [2.05, 4.69) is 16.7 Å². The summed E-state index contributed by atoms with van der Waals surface area (Å²) in [5, 5.41) is 14.6. The Bertz CT molecular complexity index is 516. The molecule has 2 rings (SSSR count). The number of amides is 2. The van der Waals surface area contributed by atoms with Gasteiger partial charge >= 0.3 is 12.0 Å². The summed E-state index contributed by atoms with van der Waals surface area (Å²) in [6, 6.07) is 7.97. The monoisotopic (exact) mass is 290 g/mol. The third-order valence-corrected chi connectivity index (χ3v) is 3.90. The number of benzene rings is 1. The minimum absolute atomic E-state index is 0.0231. The summed E-state index contributed by atoms with van der Waals surface area (Å²) in [4.78, 5) is 22.6. The highest BCUT2D eigenvalue weighted by Crippen LogP contribution is 2.25. The van der Waals surface area contributed by atoms with Crippen LogP contribution in [0, 0.1) is 12.8 Å². The zero-order valence-corrected chi connectivity index (χ0v) is 12.3. The Morgan fingerprint density at radius 1 is 1.33 bits per heavy atom. The van der Waals surface area contributed by atoms with Gasteiger partial charge in [-0.05, 0) is 38.2 Å². The first-order valence-corrected chi connectivity index (χ1v) is 7.37. The molecule has 1 saturated carbocycles. The van der Waals surface area contributed by atoms with Crippen molar-refractivity contribution in [3.05, 3.63) is 35.4 Å². The summed E-state index contributed by atoms with van der Waals surface area (Å²) < 4.78 is 0. The minimum Gasteiger partial charge on any atom is -0.481 e. The Morgan fingerprint density at radius 3 is 2.81 bits per heavy atom. The number of aryl methyl sites for hydroxylation is 1. The maximum Gasteiger partial charge on any atom is 0.315 e. The molecule has 3 N–H and O–H groups in total. The van der Waals surface area contributed by atoms with E-state index in [0.717, 1.165) is 12.8 Å². The van der Waals surface area contributed by atoms with Gasteiger partial charge in [0.15, 0.2) is 0 Å². The maximum absolute atomic E-state index is 11.8. The molecule has 0 saturated heterocycles. The molecule has 5 heteroatoms. The number of carbonyl (C=O) groups is 2. The summed E-state index contributed by atoms with van der Waals surface area (Å²) in [5.74, 6) is -1.08. The highest BCUT2D eigenvalue weighted by molar-refractivity contribution is 5.75. The number of hydrogen-bond donors (Lipinski definition) is 3. The van der Waals surface area contributed by atoms with Crippen LogP contribution in [0.4, 0.5) is 4.79 Å². The minimum atomic E-state index is -0.765. The molecule has 1 fully saturated rings. The van der Waals surface area contributed by atoms with E-state index < -0.39 is 5.97 Å². The lowest BCUT2D eigenvalue weighted by molar-refractivity contribution is -0.141. The second-order valence-corrected chi connectivity index (χ2v) is 5.68. The van der Waals surface area contributed by atoms with E-state index in [1.807, 2.05) is 25.1 Å². The highest BCUT2D eigenvalue weighted by Gasteiger charge is 2.30. The first-order chi connectivity index (χ1) is 10.0. The summed E-state index contributed by atoms with van der Waals surface area (Å²) in [6.07, 6.45) is 2.70. The zero-order valence-electron chi connectivity index (χ0n) is 12.3. The lowest BCUT2D eigenvalue weighted by Gasteiger charge is -2.13. The van der Waals surface area contributed by atoms with Crippen molar-refractivity contribution >= 4 is 12.0 Å². The quantitative estimate of drug-likeness (QED) is 0.777. The van der Waals surface area contributed by atoms with Gasteiger partial charge in [0.25, 0.3) is 0 Å². The molecule has 0 aromatic heterocycles. The third-order valence-electron chi connectivity index (χ3n) is 3.90. The van der Waals surface area contributed by atoms with Gasteiger partial charge in [-0.1, -0.05) is 29.8 Å². The van der Waals surface area contributed by atoms with Crippen LogP contribution < -0.4 is 10.6 Å². The second kappa shape index (κ2) is 7.11. The number of carboxylic acid groups (broad SMARTS) is 1. The van der Waals surface area contributed by atoms with Crippen LogP contribution in [0.25, 0.3) is 0 Å². The predicted octanol–water partition coefficient (Wildman–Crippen LogP) is 2.09. The van der Waals surface area contributed by atoms with Gasteiger partial charge in [0, 0.05) is 12.6 Å². The van der Waals surface area contributed by atoms with E-state index >= 15 is 0 Å². The number of carboxylic acids is 1. The lowest BCUT2D eigenvalue weighted by atomic mass is 10.1. The SMILES string of the molecule is Cc1cccc(CCNC(=O)NC2CCC(C(=O)O)C2)c1. The van der Waals surface area contributed by atoms with Gasteiger partial charge in [-0.3, -0.25) is 4.79 Å². The fourth-order valence-corrected chi connectivity index (χ4v) is 2.76. The normalized spacial score (nSPS) is 21.0. The standard InChI is InChI=1S/C16H22N2O3/c1-11-3-2-4-12(9-11)7-8-17-16(21)18-14-6-5-13(10-14)15(19)20/h2-4,9,13-14H,5-8,10H2,1H3,(H,19,20)(H2,17,18,21). The van der Waals surface area contributed by atoms with E-state index in [9.17, 15) is 9.59 Å². The van der Waals surface area contributed by atoms with E-state index in [0.29, 0.717) is 19.4 Å². The molecule has 21 heavy (non-hydrogen) atoms. The van der Waals surface area contributed by atoms with Crippen LogP contribution in [-0.2, 0) is 11.2 Å². The Balaban J connectivity index is 1.67. The van der Waals surface area contributed by atoms with Crippen molar-refractivity contribution < 1.29 is 14.7 Å². The van der Waals surface area contributed by atoms with E-state index in [1.165, 1.54) is 11.1 Å². The van der Waals surface area contributed by atoms with E-state index in [-0.39, 0.29) is 18.0 Å². The zero-order chi connectivity index (χ0) is 15.2. The largest absolute Gasteiger partial charge is 0.481 e. The van der Waals surface area contributed by atoms with Crippen LogP contribution in [0.3, 0.4) is 0 Å². The van der Waals surface area contributed by atoms with E-state index in [1.54, 1.807) is 0 Å². The number of aliphatic carboxylic acids is 1. The van der Waals surface area contributed by atoms with Gasteiger partial charge < -0.3 is 15.7 Å². The van der Waals surface area contributed by atoms with Gasteiger partial charge in [0.1, 0.15) is 0 Å². The van der Waals surface area contributed by atoms with Crippen molar-refractivity contribution in [2.75, 3.05) is 6.54 Å². The van der Waals surface area contributed by atoms with Crippen molar-refractivity contribution in [2.45, 2.75) is 38.6 Å². The Labute approximate surface area is 124 Å². The predicted molar refractivity (Wildman–Crippen MR) is 80.2 cm³/mol. The Kier molecular flexibility index (Phi) is 5.20. The average molecular weight is 290 g/mol. The van der Waals surface area contributed by atoms with Crippen LogP contribution in [-0.4, -0.2) is 29.7 Å². The molecule has 0 heterocycles. The van der Waals surface area contributed by atoms with Crippen LogP contribution >= 0.6 is 0 Å². The van der Waals surface area contributed by atoms with Crippen LogP contribution in [0.5, 0.6) is 0 Å². The van der Waals surface area contributed by atoms with Crippen LogP contribution in [0.15, 0.2) is 24.3 Å². The third kappa shape index (κ3) is 4.77.